The molecule has 0 amide bonds. The predicted octanol–water partition coefficient (Wildman–Crippen LogP) is 1.01. The molecular formula is C10H12N2O2. The first kappa shape index (κ1) is 9.05. The van der Waals surface area contributed by atoms with Gasteiger partial charge in [-0.3, -0.25) is 0 Å². The Labute approximate surface area is 81.1 Å². The molecule has 74 valence electrons. The fourth-order valence-electron chi connectivity index (χ4n) is 1.36. The van der Waals surface area contributed by atoms with Crippen LogP contribution in [0.3, 0.4) is 0 Å². The average Bonchev–Trinajstić information content (AvgIpc) is 2.59. The van der Waals surface area contributed by atoms with Crippen molar-refractivity contribution in [3.63, 3.8) is 0 Å². The van der Waals surface area contributed by atoms with Crippen molar-refractivity contribution in [3.05, 3.63) is 30.0 Å². The number of aliphatic hydroxyl groups excluding tert-OH is 1. The molecule has 0 aliphatic rings. The lowest BCUT2D eigenvalue weighted by molar-refractivity contribution is 0.254. The standard InChI is InChI=1S/C10H12N2O2/c11-7-1-2-9-6(3-7)4-10(14-9)8(12)5-13/h1-4,8,13H,5,11-12H2/t8-/m1/s1. The Balaban J connectivity index is 2.51. The van der Waals surface area contributed by atoms with Gasteiger partial charge >= 0.3 is 0 Å². The van der Waals surface area contributed by atoms with E-state index in [0.29, 0.717) is 11.4 Å². The van der Waals surface area contributed by atoms with Crippen molar-refractivity contribution in [1.82, 2.24) is 0 Å². The molecule has 0 radical (unpaired) electrons. The predicted molar refractivity (Wildman–Crippen MR) is 54.6 cm³/mol. The Bertz CT molecular complexity index is 450. The van der Waals surface area contributed by atoms with Gasteiger partial charge in [-0.1, -0.05) is 0 Å². The third-order valence-electron chi connectivity index (χ3n) is 2.12. The average molecular weight is 192 g/mol. The van der Waals surface area contributed by atoms with Gasteiger partial charge in [-0.15, -0.1) is 0 Å². The summed E-state index contributed by atoms with van der Waals surface area (Å²) in [5, 5.41) is 9.76. The summed E-state index contributed by atoms with van der Waals surface area (Å²) in [5.74, 6) is 0.577. The molecular weight excluding hydrogens is 180 g/mol. The third kappa shape index (κ3) is 1.45. The van der Waals surface area contributed by atoms with Crippen molar-refractivity contribution in [3.8, 4) is 0 Å². The Morgan fingerprint density at radius 2 is 2.14 bits per heavy atom. The number of aliphatic hydroxyl groups is 1. The summed E-state index contributed by atoms with van der Waals surface area (Å²) in [6.45, 7) is -0.130. The number of fused-ring (bicyclic) bond motifs is 1. The quantitative estimate of drug-likeness (QED) is 0.620. The number of hydrogen-bond acceptors (Lipinski definition) is 4. The molecule has 0 spiro atoms. The molecule has 1 aromatic heterocycles. The van der Waals surface area contributed by atoms with Crippen molar-refractivity contribution in [2.24, 2.45) is 5.73 Å². The number of nitrogen functional groups attached to an aromatic ring is 1. The third-order valence-corrected chi connectivity index (χ3v) is 2.12. The Morgan fingerprint density at radius 3 is 2.86 bits per heavy atom. The van der Waals surface area contributed by atoms with Crippen molar-refractivity contribution >= 4 is 16.7 Å². The lowest BCUT2D eigenvalue weighted by atomic mass is 10.2. The minimum atomic E-state index is -0.469. The van der Waals surface area contributed by atoms with Gasteiger partial charge in [0.15, 0.2) is 0 Å². The van der Waals surface area contributed by atoms with Crippen LogP contribution in [-0.2, 0) is 0 Å². The Hall–Kier alpha value is -1.52. The molecule has 14 heavy (non-hydrogen) atoms. The van der Waals surface area contributed by atoms with Gasteiger partial charge in [-0.2, -0.15) is 0 Å². The van der Waals surface area contributed by atoms with Crippen molar-refractivity contribution < 1.29 is 9.52 Å². The maximum Gasteiger partial charge on any atom is 0.134 e. The molecule has 2 aromatic rings. The van der Waals surface area contributed by atoms with Gasteiger partial charge in [0.25, 0.3) is 0 Å². The number of furan rings is 1. The number of anilines is 1. The zero-order chi connectivity index (χ0) is 10.1. The maximum absolute atomic E-state index is 8.86. The van der Waals surface area contributed by atoms with E-state index in [1.54, 1.807) is 18.2 Å². The molecule has 0 saturated heterocycles. The van der Waals surface area contributed by atoms with Crippen LogP contribution < -0.4 is 11.5 Å². The highest BCUT2D eigenvalue weighted by Gasteiger charge is 2.10. The molecule has 1 atom stereocenters. The van der Waals surface area contributed by atoms with E-state index < -0.39 is 6.04 Å². The van der Waals surface area contributed by atoms with Gasteiger partial charge in [-0.05, 0) is 24.3 Å². The number of nitrogens with two attached hydrogens (primary N) is 2. The van der Waals surface area contributed by atoms with Crippen molar-refractivity contribution in [2.45, 2.75) is 6.04 Å². The largest absolute Gasteiger partial charge is 0.459 e. The van der Waals surface area contributed by atoms with Gasteiger partial charge in [0.1, 0.15) is 11.3 Å². The molecule has 0 fully saturated rings. The highest BCUT2D eigenvalue weighted by atomic mass is 16.3. The number of rotatable bonds is 2. The Morgan fingerprint density at radius 1 is 1.36 bits per heavy atom. The lowest BCUT2D eigenvalue weighted by Crippen LogP contribution is -2.13. The van der Waals surface area contributed by atoms with Crippen LogP contribution in [0.4, 0.5) is 5.69 Å². The second-order valence-corrected chi connectivity index (χ2v) is 3.24. The SMILES string of the molecule is Nc1ccc2oc([C@H](N)CO)cc2c1. The highest BCUT2D eigenvalue weighted by Crippen LogP contribution is 2.24. The highest BCUT2D eigenvalue weighted by molar-refractivity contribution is 5.81. The summed E-state index contributed by atoms with van der Waals surface area (Å²) in [4.78, 5) is 0. The molecule has 1 aromatic carbocycles. The van der Waals surface area contributed by atoms with Crippen LogP contribution >= 0.6 is 0 Å². The van der Waals surface area contributed by atoms with Crippen molar-refractivity contribution in [2.75, 3.05) is 12.3 Å². The maximum atomic E-state index is 8.86. The summed E-state index contributed by atoms with van der Waals surface area (Å²) in [5.41, 5.74) is 12.7. The van der Waals surface area contributed by atoms with Gasteiger partial charge < -0.3 is 21.0 Å². The lowest BCUT2D eigenvalue weighted by Gasteiger charge is -2.01. The second kappa shape index (κ2) is 3.32. The minimum absolute atomic E-state index is 0.130. The van der Waals surface area contributed by atoms with E-state index in [-0.39, 0.29) is 6.61 Å². The fourth-order valence-corrected chi connectivity index (χ4v) is 1.36. The molecule has 4 nitrogen and oxygen atoms in total. The van der Waals surface area contributed by atoms with Crippen LogP contribution in [0.25, 0.3) is 11.0 Å². The zero-order valence-corrected chi connectivity index (χ0v) is 7.60. The molecule has 4 heteroatoms. The molecule has 2 rings (SSSR count). The van der Waals surface area contributed by atoms with Crippen LogP contribution in [0, 0.1) is 0 Å². The zero-order valence-electron chi connectivity index (χ0n) is 7.60. The summed E-state index contributed by atoms with van der Waals surface area (Å²) in [6.07, 6.45) is 0. The molecule has 5 N–H and O–H groups in total. The van der Waals surface area contributed by atoms with E-state index in [1.165, 1.54) is 0 Å². The molecule has 1 heterocycles. The van der Waals surface area contributed by atoms with Gasteiger partial charge in [0.2, 0.25) is 0 Å². The first-order chi connectivity index (χ1) is 6.70. The monoisotopic (exact) mass is 192 g/mol. The van der Waals surface area contributed by atoms with E-state index in [1.807, 2.05) is 6.07 Å². The molecule has 0 aliphatic carbocycles. The molecule has 0 unspecified atom stereocenters. The van der Waals surface area contributed by atoms with Gasteiger partial charge in [-0.25, -0.2) is 0 Å². The first-order valence-electron chi connectivity index (χ1n) is 4.36. The van der Waals surface area contributed by atoms with Crippen LogP contribution in [0.15, 0.2) is 28.7 Å². The molecule has 0 saturated carbocycles. The van der Waals surface area contributed by atoms with Crippen molar-refractivity contribution in [1.29, 1.82) is 0 Å². The van der Waals surface area contributed by atoms with Gasteiger partial charge in [0, 0.05) is 11.1 Å². The van der Waals surface area contributed by atoms with E-state index in [9.17, 15) is 0 Å². The van der Waals surface area contributed by atoms with E-state index in [4.69, 9.17) is 21.0 Å². The normalized spacial score (nSPS) is 13.3. The second-order valence-electron chi connectivity index (χ2n) is 3.24. The van der Waals surface area contributed by atoms with E-state index >= 15 is 0 Å². The van der Waals surface area contributed by atoms with Crippen LogP contribution in [-0.4, -0.2) is 11.7 Å². The van der Waals surface area contributed by atoms with Gasteiger partial charge in [0.05, 0.1) is 12.6 Å². The summed E-state index contributed by atoms with van der Waals surface area (Å²) < 4.78 is 5.44. The molecule has 0 bridgehead atoms. The van der Waals surface area contributed by atoms with Crippen LogP contribution in [0.2, 0.25) is 0 Å². The van der Waals surface area contributed by atoms with E-state index in [0.717, 1.165) is 11.0 Å². The summed E-state index contributed by atoms with van der Waals surface area (Å²) >= 11 is 0. The van der Waals surface area contributed by atoms with E-state index in [2.05, 4.69) is 0 Å². The molecule has 0 aliphatic heterocycles. The smallest absolute Gasteiger partial charge is 0.134 e. The minimum Gasteiger partial charge on any atom is -0.459 e. The first-order valence-corrected chi connectivity index (χ1v) is 4.36. The van der Waals surface area contributed by atoms with Crippen LogP contribution in [0.1, 0.15) is 11.8 Å². The number of benzene rings is 1. The van der Waals surface area contributed by atoms with Crippen LogP contribution in [0.5, 0.6) is 0 Å². The fraction of sp³-hybridized carbons (Fsp3) is 0.200. The Kier molecular flexibility index (Phi) is 2.15. The summed E-state index contributed by atoms with van der Waals surface area (Å²) in [6, 6.07) is 6.70. The topological polar surface area (TPSA) is 85.4 Å². The summed E-state index contributed by atoms with van der Waals surface area (Å²) in [7, 11) is 0. The number of hydrogen-bond donors (Lipinski definition) is 3.